The molecule has 29 heavy (non-hydrogen) atoms. The minimum Gasteiger partial charge on any atom is -0.444 e. The summed E-state index contributed by atoms with van der Waals surface area (Å²) in [6.45, 7) is 6.35. The molecule has 3 heterocycles. The van der Waals surface area contributed by atoms with Crippen molar-refractivity contribution in [3.8, 4) is 17.3 Å². The van der Waals surface area contributed by atoms with Gasteiger partial charge in [0.25, 0.3) is 0 Å². The van der Waals surface area contributed by atoms with Gasteiger partial charge in [-0.3, -0.25) is 4.90 Å². The summed E-state index contributed by atoms with van der Waals surface area (Å²) in [6.07, 6.45) is 1.59. The summed E-state index contributed by atoms with van der Waals surface area (Å²) in [5, 5.41) is 10.1. The molecule has 1 aliphatic heterocycles. The first-order valence-corrected chi connectivity index (χ1v) is 9.84. The standard InChI is InChI=1S/C23H24N4O2/c1-23(2,3)29-22(28)27-11-5-8-21(27)20-13-16-12-15(9-10-19(16)26-20)18-7-4-6-17(14-24)25-18/h4,6-7,9-10,12-13,21,26H,5,8,11H2,1-3H3/t21-/m0/s1. The number of fused-ring (bicyclic) bond motifs is 1. The highest BCUT2D eigenvalue weighted by Crippen LogP contribution is 2.35. The number of H-pyrrole nitrogens is 1. The van der Waals surface area contributed by atoms with Crippen LogP contribution in [0.5, 0.6) is 0 Å². The SMILES string of the molecule is CC(C)(C)OC(=O)N1CCC[C@H]1c1cc2cc(-c3cccc(C#N)n3)ccc2[nH]1. The van der Waals surface area contributed by atoms with Crippen LogP contribution < -0.4 is 0 Å². The van der Waals surface area contributed by atoms with Gasteiger partial charge in [0, 0.05) is 28.7 Å². The number of nitrogens with one attached hydrogen (secondary N) is 1. The molecule has 1 amide bonds. The molecule has 0 bridgehead atoms. The van der Waals surface area contributed by atoms with E-state index in [9.17, 15) is 4.79 Å². The summed E-state index contributed by atoms with van der Waals surface area (Å²) in [6, 6.07) is 15.7. The highest BCUT2D eigenvalue weighted by Gasteiger charge is 2.34. The first-order chi connectivity index (χ1) is 13.8. The molecule has 1 saturated heterocycles. The van der Waals surface area contributed by atoms with Crippen molar-refractivity contribution in [1.82, 2.24) is 14.9 Å². The molecule has 1 N–H and O–H groups in total. The number of aromatic amines is 1. The normalized spacial score (nSPS) is 16.8. The van der Waals surface area contributed by atoms with E-state index >= 15 is 0 Å². The van der Waals surface area contributed by atoms with Crippen molar-refractivity contribution < 1.29 is 9.53 Å². The van der Waals surface area contributed by atoms with E-state index in [-0.39, 0.29) is 12.1 Å². The smallest absolute Gasteiger partial charge is 0.410 e. The number of carbonyl (C=O) groups excluding carboxylic acids is 1. The van der Waals surface area contributed by atoms with Crippen molar-refractivity contribution in [3.63, 3.8) is 0 Å². The minimum atomic E-state index is -0.509. The van der Waals surface area contributed by atoms with E-state index in [0.29, 0.717) is 12.2 Å². The second-order valence-electron chi connectivity index (χ2n) is 8.38. The molecule has 2 aromatic heterocycles. The fraction of sp³-hybridized carbons (Fsp3) is 0.348. The van der Waals surface area contributed by atoms with Crippen LogP contribution in [0.2, 0.25) is 0 Å². The van der Waals surface area contributed by atoms with Gasteiger partial charge in [-0.1, -0.05) is 12.1 Å². The summed E-state index contributed by atoms with van der Waals surface area (Å²) in [5.74, 6) is 0. The van der Waals surface area contributed by atoms with Gasteiger partial charge >= 0.3 is 6.09 Å². The molecule has 148 valence electrons. The molecule has 6 heteroatoms. The van der Waals surface area contributed by atoms with Gasteiger partial charge in [-0.15, -0.1) is 0 Å². The maximum atomic E-state index is 12.6. The van der Waals surface area contributed by atoms with Gasteiger partial charge in [0.1, 0.15) is 17.4 Å². The molecule has 0 unspecified atom stereocenters. The molecule has 4 rings (SSSR count). The maximum Gasteiger partial charge on any atom is 0.410 e. The largest absolute Gasteiger partial charge is 0.444 e. The zero-order valence-corrected chi connectivity index (χ0v) is 16.9. The molecule has 3 aromatic rings. The fourth-order valence-corrected chi connectivity index (χ4v) is 3.78. The van der Waals surface area contributed by atoms with Crippen LogP contribution in [0.25, 0.3) is 22.2 Å². The Labute approximate surface area is 170 Å². The summed E-state index contributed by atoms with van der Waals surface area (Å²) in [5.41, 5.74) is 3.64. The molecule has 0 aliphatic carbocycles. The van der Waals surface area contributed by atoms with Crippen LogP contribution in [-0.2, 0) is 4.74 Å². The van der Waals surface area contributed by atoms with Crippen LogP contribution in [0, 0.1) is 11.3 Å². The first kappa shape index (κ1) is 19.0. The Morgan fingerprint density at radius 3 is 2.86 bits per heavy atom. The summed E-state index contributed by atoms with van der Waals surface area (Å²) >= 11 is 0. The predicted octanol–water partition coefficient (Wildman–Crippen LogP) is 5.17. The predicted molar refractivity (Wildman–Crippen MR) is 111 cm³/mol. The van der Waals surface area contributed by atoms with Crippen LogP contribution in [0.1, 0.15) is 51.0 Å². The van der Waals surface area contributed by atoms with Gasteiger partial charge in [-0.05, 0) is 63.9 Å². The van der Waals surface area contributed by atoms with Gasteiger partial charge < -0.3 is 9.72 Å². The number of rotatable bonds is 2. The number of nitrogens with zero attached hydrogens (tertiary/aromatic N) is 3. The molecular formula is C23H24N4O2. The fourth-order valence-electron chi connectivity index (χ4n) is 3.78. The number of ether oxygens (including phenoxy) is 1. The molecule has 1 aliphatic rings. The summed E-state index contributed by atoms with van der Waals surface area (Å²) in [4.78, 5) is 22.3. The number of hydrogen-bond acceptors (Lipinski definition) is 4. The van der Waals surface area contributed by atoms with Crippen LogP contribution in [0.3, 0.4) is 0 Å². The first-order valence-electron chi connectivity index (χ1n) is 9.84. The van der Waals surface area contributed by atoms with Gasteiger partial charge in [0.15, 0.2) is 0 Å². The van der Waals surface area contributed by atoms with Gasteiger partial charge in [-0.25, -0.2) is 9.78 Å². The number of nitriles is 1. The molecule has 1 atom stereocenters. The molecular weight excluding hydrogens is 364 g/mol. The average Bonchev–Trinajstić information content (AvgIpc) is 3.32. The molecule has 1 aromatic carbocycles. The lowest BCUT2D eigenvalue weighted by Gasteiger charge is -2.28. The number of aromatic nitrogens is 2. The lowest BCUT2D eigenvalue weighted by atomic mass is 10.1. The molecule has 0 spiro atoms. The number of amides is 1. The Bertz CT molecular complexity index is 1100. The van der Waals surface area contributed by atoms with Crippen LogP contribution in [0.15, 0.2) is 42.5 Å². The zero-order chi connectivity index (χ0) is 20.6. The lowest BCUT2D eigenvalue weighted by Crippen LogP contribution is -2.36. The Balaban J connectivity index is 1.63. The molecule has 6 nitrogen and oxygen atoms in total. The number of benzene rings is 1. The third-order valence-corrected chi connectivity index (χ3v) is 5.04. The Morgan fingerprint density at radius 2 is 2.10 bits per heavy atom. The van der Waals surface area contributed by atoms with Crippen molar-refractivity contribution in [1.29, 1.82) is 5.26 Å². The van der Waals surface area contributed by atoms with Crippen molar-refractivity contribution in [2.24, 2.45) is 0 Å². The minimum absolute atomic E-state index is 0.0132. The summed E-state index contributed by atoms with van der Waals surface area (Å²) < 4.78 is 5.58. The van der Waals surface area contributed by atoms with E-state index < -0.39 is 5.60 Å². The molecule has 1 fully saturated rings. The average molecular weight is 388 g/mol. The van der Waals surface area contributed by atoms with E-state index in [1.165, 1.54) is 0 Å². The van der Waals surface area contributed by atoms with E-state index in [0.717, 1.165) is 40.7 Å². The Morgan fingerprint density at radius 1 is 1.28 bits per heavy atom. The summed E-state index contributed by atoms with van der Waals surface area (Å²) in [7, 11) is 0. The third-order valence-electron chi connectivity index (χ3n) is 5.04. The third kappa shape index (κ3) is 3.95. The van der Waals surface area contributed by atoms with E-state index in [1.807, 2.05) is 49.9 Å². The number of hydrogen-bond donors (Lipinski definition) is 1. The van der Waals surface area contributed by atoms with Crippen molar-refractivity contribution in [3.05, 3.63) is 53.9 Å². The van der Waals surface area contributed by atoms with Crippen molar-refractivity contribution in [2.45, 2.75) is 45.3 Å². The molecule has 0 radical (unpaired) electrons. The number of carbonyl (C=O) groups is 1. The topological polar surface area (TPSA) is 82.0 Å². The van der Waals surface area contributed by atoms with Gasteiger partial charge in [0.2, 0.25) is 0 Å². The monoisotopic (exact) mass is 388 g/mol. The van der Waals surface area contributed by atoms with E-state index in [2.05, 4.69) is 28.2 Å². The zero-order valence-electron chi connectivity index (χ0n) is 16.9. The quantitative estimate of drug-likeness (QED) is 0.656. The second-order valence-corrected chi connectivity index (χ2v) is 8.38. The van der Waals surface area contributed by atoms with Crippen molar-refractivity contribution in [2.75, 3.05) is 6.54 Å². The maximum absolute atomic E-state index is 12.6. The molecule has 0 saturated carbocycles. The number of pyridine rings is 1. The Hall–Kier alpha value is -3.33. The van der Waals surface area contributed by atoms with Crippen LogP contribution >= 0.6 is 0 Å². The van der Waals surface area contributed by atoms with E-state index in [4.69, 9.17) is 10.00 Å². The van der Waals surface area contributed by atoms with Crippen LogP contribution in [0.4, 0.5) is 4.79 Å². The lowest BCUT2D eigenvalue weighted by molar-refractivity contribution is 0.0222. The Kier molecular flexibility index (Phi) is 4.75. The van der Waals surface area contributed by atoms with Gasteiger partial charge in [0.05, 0.1) is 11.7 Å². The van der Waals surface area contributed by atoms with Crippen LogP contribution in [-0.4, -0.2) is 33.1 Å². The van der Waals surface area contributed by atoms with E-state index in [1.54, 1.807) is 6.07 Å². The highest BCUT2D eigenvalue weighted by atomic mass is 16.6. The van der Waals surface area contributed by atoms with Crippen molar-refractivity contribution >= 4 is 17.0 Å². The van der Waals surface area contributed by atoms with Gasteiger partial charge in [-0.2, -0.15) is 5.26 Å². The number of likely N-dealkylation sites (tertiary alicyclic amines) is 1. The second kappa shape index (κ2) is 7.25. The highest BCUT2D eigenvalue weighted by molar-refractivity contribution is 5.85.